The molecule has 0 aromatic heterocycles. The summed E-state index contributed by atoms with van der Waals surface area (Å²) in [4.78, 5) is 13.1. The SMILES string of the molecule is CC1OCCC1N1CCOCC1C(=O)O. The quantitative estimate of drug-likeness (QED) is 0.700. The lowest BCUT2D eigenvalue weighted by Crippen LogP contribution is -2.56. The minimum absolute atomic E-state index is 0.130. The Morgan fingerprint density at radius 3 is 2.87 bits per heavy atom. The predicted molar refractivity (Wildman–Crippen MR) is 52.8 cm³/mol. The van der Waals surface area contributed by atoms with E-state index in [4.69, 9.17) is 14.6 Å². The minimum atomic E-state index is -0.797. The molecule has 3 atom stereocenters. The van der Waals surface area contributed by atoms with Crippen LogP contribution in [0, 0.1) is 0 Å². The first-order valence-electron chi connectivity index (χ1n) is 5.38. The van der Waals surface area contributed by atoms with E-state index in [1.54, 1.807) is 0 Å². The van der Waals surface area contributed by atoms with Crippen molar-refractivity contribution in [3.05, 3.63) is 0 Å². The molecule has 0 spiro atoms. The highest BCUT2D eigenvalue weighted by atomic mass is 16.5. The molecule has 1 N–H and O–H groups in total. The van der Waals surface area contributed by atoms with E-state index in [1.807, 2.05) is 11.8 Å². The topological polar surface area (TPSA) is 59.0 Å². The third-order valence-corrected chi connectivity index (χ3v) is 3.22. The van der Waals surface area contributed by atoms with Gasteiger partial charge in [-0.1, -0.05) is 0 Å². The lowest BCUT2D eigenvalue weighted by molar-refractivity contribution is -0.152. The number of carbonyl (C=O) groups is 1. The van der Waals surface area contributed by atoms with Crippen molar-refractivity contribution in [2.45, 2.75) is 31.5 Å². The summed E-state index contributed by atoms with van der Waals surface area (Å²) in [7, 11) is 0. The molecule has 5 heteroatoms. The van der Waals surface area contributed by atoms with Gasteiger partial charge in [-0.15, -0.1) is 0 Å². The van der Waals surface area contributed by atoms with Gasteiger partial charge in [0.1, 0.15) is 6.04 Å². The van der Waals surface area contributed by atoms with Crippen LogP contribution in [0.15, 0.2) is 0 Å². The summed E-state index contributed by atoms with van der Waals surface area (Å²) in [5, 5.41) is 9.09. The molecule has 0 aromatic carbocycles. The monoisotopic (exact) mass is 215 g/mol. The molecule has 2 heterocycles. The lowest BCUT2D eigenvalue weighted by atomic mass is 10.1. The van der Waals surface area contributed by atoms with Crippen LogP contribution < -0.4 is 0 Å². The smallest absolute Gasteiger partial charge is 0.323 e. The molecule has 2 fully saturated rings. The fourth-order valence-corrected chi connectivity index (χ4v) is 2.38. The Bertz CT molecular complexity index is 246. The number of carboxylic acids is 1. The molecule has 2 aliphatic heterocycles. The molecule has 5 nitrogen and oxygen atoms in total. The molecule has 0 aliphatic carbocycles. The Hall–Kier alpha value is -0.650. The van der Waals surface area contributed by atoms with Crippen LogP contribution in [-0.4, -0.2) is 60.5 Å². The van der Waals surface area contributed by atoms with Crippen LogP contribution in [0.3, 0.4) is 0 Å². The third-order valence-electron chi connectivity index (χ3n) is 3.22. The van der Waals surface area contributed by atoms with Gasteiger partial charge in [0, 0.05) is 19.2 Å². The fraction of sp³-hybridized carbons (Fsp3) is 0.900. The number of hydrogen-bond donors (Lipinski definition) is 1. The Morgan fingerprint density at radius 2 is 2.27 bits per heavy atom. The van der Waals surface area contributed by atoms with Crippen LogP contribution in [0.1, 0.15) is 13.3 Å². The summed E-state index contributed by atoms with van der Waals surface area (Å²) in [5.74, 6) is -0.797. The summed E-state index contributed by atoms with van der Waals surface area (Å²) in [6.07, 6.45) is 1.05. The first kappa shape index (κ1) is 10.9. The molecule has 3 unspecified atom stereocenters. The van der Waals surface area contributed by atoms with E-state index in [9.17, 15) is 4.79 Å². The molecular weight excluding hydrogens is 198 g/mol. The third kappa shape index (κ3) is 2.14. The van der Waals surface area contributed by atoms with Crippen LogP contribution >= 0.6 is 0 Å². The average Bonchev–Trinajstić information content (AvgIpc) is 2.64. The lowest BCUT2D eigenvalue weighted by Gasteiger charge is -2.38. The molecular formula is C10H17NO4. The molecule has 0 saturated carbocycles. The predicted octanol–water partition coefficient (Wildman–Crippen LogP) is -0.0508. The number of rotatable bonds is 2. The van der Waals surface area contributed by atoms with Gasteiger partial charge in [-0.05, 0) is 13.3 Å². The van der Waals surface area contributed by atoms with Crippen molar-refractivity contribution in [3.8, 4) is 0 Å². The molecule has 0 bridgehead atoms. The second-order valence-corrected chi connectivity index (χ2v) is 4.10. The second kappa shape index (κ2) is 4.47. The fourth-order valence-electron chi connectivity index (χ4n) is 2.38. The van der Waals surface area contributed by atoms with Crippen LogP contribution in [-0.2, 0) is 14.3 Å². The van der Waals surface area contributed by atoms with Crippen molar-refractivity contribution in [2.24, 2.45) is 0 Å². The Morgan fingerprint density at radius 1 is 1.47 bits per heavy atom. The minimum Gasteiger partial charge on any atom is -0.480 e. The van der Waals surface area contributed by atoms with E-state index in [2.05, 4.69) is 0 Å². The van der Waals surface area contributed by atoms with Gasteiger partial charge in [0.15, 0.2) is 0 Å². The maximum atomic E-state index is 11.1. The van der Waals surface area contributed by atoms with E-state index >= 15 is 0 Å². The molecule has 2 aliphatic rings. The number of morpholine rings is 1. The number of carboxylic acid groups (broad SMARTS) is 1. The van der Waals surface area contributed by atoms with Gasteiger partial charge < -0.3 is 14.6 Å². The highest BCUT2D eigenvalue weighted by Gasteiger charge is 2.38. The zero-order chi connectivity index (χ0) is 10.8. The van der Waals surface area contributed by atoms with E-state index in [1.165, 1.54) is 0 Å². The Kier molecular flexibility index (Phi) is 3.23. The van der Waals surface area contributed by atoms with Gasteiger partial charge in [-0.25, -0.2) is 0 Å². The molecule has 0 aromatic rings. The zero-order valence-corrected chi connectivity index (χ0v) is 8.89. The van der Waals surface area contributed by atoms with Crippen molar-refractivity contribution < 1.29 is 19.4 Å². The molecule has 2 saturated heterocycles. The van der Waals surface area contributed by atoms with Crippen LogP contribution in [0.4, 0.5) is 0 Å². The zero-order valence-electron chi connectivity index (χ0n) is 8.89. The standard InChI is InChI=1S/C10H17NO4/c1-7-8(2-4-15-7)11-3-5-14-6-9(11)10(12)13/h7-9H,2-6H2,1H3,(H,12,13). The first-order chi connectivity index (χ1) is 7.20. The molecule has 2 rings (SSSR count). The van der Waals surface area contributed by atoms with Crippen molar-refractivity contribution in [3.63, 3.8) is 0 Å². The van der Waals surface area contributed by atoms with Gasteiger partial charge in [-0.3, -0.25) is 9.69 Å². The van der Waals surface area contributed by atoms with Crippen molar-refractivity contribution in [1.82, 2.24) is 4.90 Å². The summed E-state index contributed by atoms with van der Waals surface area (Å²) in [6.45, 7) is 4.34. The van der Waals surface area contributed by atoms with E-state index in [0.29, 0.717) is 19.8 Å². The molecule has 15 heavy (non-hydrogen) atoms. The van der Waals surface area contributed by atoms with Crippen molar-refractivity contribution >= 4 is 5.97 Å². The highest BCUT2D eigenvalue weighted by Crippen LogP contribution is 2.23. The average molecular weight is 215 g/mol. The van der Waals surface area contributed by atoms with Crippen LogP contribution in [0.25, 0.3) is 0 Å². The van der Waals surface area contributed by atoms with Crippen LogP contribution in [0.5, 0.6) is 0 Å². The molecule has 86 valence electrons. The Balaban J connectivity index is 2.06. The summed E-state index contributed by atoms with van der Waals surface area (Å²) in [5.41, 5.74) is 0. The second-order valence-electron chi connectivity index (χ2n) is 4.10. The Labute approximate surface area is 89.0 Å². The number of ether oxygens (including phenoxy) is 2. The number of hydrogen-bond acceptors (Lipinski definition) is 4. The normalized spacial score (nSPS) is 38.1. The number of nitrogens with zero attached hydrogens (tertiary/aromatic N) is 1. The van der Waals surface area contributed by atoms with Gasteiger partial charge in [0.2, 0.25) is 0 Å². The molecule has 0 amide bonds. The number of aliphatic carboxylic acids is 1. The van der Waals surface area contributed by atoms with Gasteiger partial charge in [0.05, 0.1) is 19.3 Å². The van der Waals surface area contributed by atoms with Gasteiger partial charge in [0.25, 0.3) is 0 Å². The van der Waals surface area contributed by atoms with E-state index in [0.717, 1.165) is 13.0 Å². The van der Waals surface area contributed by atoms with Crippen molar-refractivity contribution in [2.75, 3.05) is 26.4 Å². The van der Waals surface area contributed by atoms with Gasteiger partial charge in [-0.2, -0.15) is 0 Å². The van der Waals surface area contributed by atoms with Crippen LogP contribution in [0.2, 0.25) is 0 Å². The summed E-state index contributed by atoms with van der Waals surface area (Å²) >= 11 is 0. The van der Waals surface area contributed by atoms with Crippen molar-refractivity contribution in [1.29, 1.82) is 0 Å². The van der Waals surface area contributed by atoms with E-state index in [-0.39, 0.29) is 12.1 Å². The van der Waals surface area contributed by atoms with E-state index < -0.39 is 12.0 Å². The molecule has 0 radical (unpaired) electrons. The summed E-state index contributed by atoms with van der Waals surface area (Å²) < 4.78 is 10.7. The maximum absolute atomic E-state index is 11.1. The first-order valence-corrected chi connectivity index (χ1v) is 5.38. The summed E-state index contributed by atoms with van der Waals surface area (Å²) in [6, 6.07) is -0.275. The largest absolute Gasteiger partial charge is 0.480 e. The highest BCUT2D eigenvalue weighted by molar-refractivity contribution is 5.73. The van der Waals surface area contributed by atoms with Gasteiger partial charge >= 0.3 is 5.97 Å². The maximum Gasteiger partial charge on any atom is 0.323 e.